The van der Waals surface area contributed by atoms with Gasteiger partial charge < -0.3 is 36.0 Å². The summed E-state index contributed by atoms with van der Waals surface area (Å²) in [5.41, 5.74) is 0.941. The Bertz CT molecular complexity index is 1460. The first kappa shape index (κ1) is 42.3. The van der Waals surface area contributed by atoms with Gasteiger partial charge in [-0.2, -0.15) is 0 Å². The highest BCUT2D eigenvalue weighted by molar-refractivity contribution is 6.38. The van der Waals surface area contributed by atoms with Crippen LogP contribution in [0.15, 0.2) is 30.3 Å². The predicted molar refractivity (Wildman–Crippen MR) is 200 cm³/mol. The van der Waals surface area contributed by atoms with E-state index in [-0.39, 0.29) is 49.7 Å². The first-order chi connectivity index (χ1) is 25.9. The number of ether oxygens (including phenoxy) is 1. The number of likely N-dealkylation sites (tertiary alicyclic amines) is 1. The van der Waals surface area contributed by atoms with Gasteiger partial charge in [0.2, 0.25) is 23.5 Å². The fourth-order valence-electron chi connectivity index (χ4n) is 8.04. The zero-order chi connectivity index (χ0) is 39.2. The molecule has 5 amide bonds. The topological polar surface area (TPSA) is 200 Å². The van der Waals surface area contributed by atoms with Crippen LogP contribution >= 0.6 is 0 Å². The van der Waals surface area contributed by atoms with Gasteiger partial charge >= 0.3 is 12.1 Å². The van der Waals surface area contributed by atoms with E-state index in [1.165, 1.54) is 4.90 Å². The summed E-state index contributed by atoms with van der Waals surface area (Å²) < 4.78 is 5.40. The van der Waals surface area contributed by atoms with Crippen LogP contribution in [-0.4, -0.2) is 95.3 Å². The van der Waals surface area contributed by atoms with Crippen molar-refractivity contribution in [3.8, 4) is 0 Å². The molecule has 298 valence electrons. The number of ketones is 1. The van der Waals surface area contributed by atoms with Crippen LogP contribution in [0.25, 0.3) is 0 Å². The maximum Gasteiger partial charge on any atom is 0.407 e. The van der Waals surface area contributed by atoms with E-state index in [9.17, 15) is 38.7 Å². The summed E-state index contributed by atoms with van der Waals surface area (Å²) in [7, 11) is 0. The fourth-order valence-corrected chi connectivity index (χ4v) is 8.04. The number of benzene rings is 1. The van der Waals surface area contributed by atoms with Crippen molar-refractivity contribution in [3.05, 3.63) is 35.9 Å². The Morgan fingerprint density at radius 2 is 1.44 bits per heavy atom. The Hall–Kier alpha value is -4.49. The number of hydrogen-bond donors (Lipinski definition) is 5. The van der Waals surface area contributed by atoms with Gasteiger partial charge in [-0.3, -0.25) is 24.0 Å². The molecule has 5 N–H and O–H groups in total. The van der Waals surface area contributed by atoms with E-state index >= 15 is 0 Å². The Morgan fingerprint density at radius 3 is 2.02 bits per heavy atom. The number of amides is 5. The van der Waals surface area contributed by atoms with Gasteiger partial charge in [0.25, 0.3) is 5.91 Å². The van der Waals surface area contributed by atoms with Crippen molar-refractivity contribution < 1.29 is 43.4 Å². The molecule has 2 saturated carbocycles. The lowest BCUT2D eigenvalue weighted by atomic mass is 9.83. The number of rotatable bonds is 17. The summed E-state index contributed by atoms with van der Waals surface area (Å²) in [5, 5.41) is 20.1. The molecule has 0 bridgehead atoms. The monoisotopic (exact) mass is 753 g/mol. The van der Waals surface area contributed by atoms with Gasteiger partial charge in [-0.15, -0.1) is 0 Å². The number of carbonyl (C=O) groups is 7. The Balaban J connectivity index is 1.47. The summed E-state index contributed by atoms with van der Waals surface area (Å²) in [6.07, 6.45) is 8.63. The highest BCUT2D eigenvalue weighted by atomic mass is 16.5. The number of aliphatic carboxylic acids is 1. The first-order valence-electron chi connectivity index (χ1n) is 19.8. The molecular weight excluding hydrogens is 694 g/mol. The van der Waals surface area contributed by atoms with Crippen LogP contribution in [0.1, 0.15) is 116 Å². The quantitative estimate of drug-likeness (QED) is 0.147. The van der Waals surface area contributed by atoms with Gasteiger partial charge in [0.05, 0.1) is 19.2 Å². The molecule has 0 spiro atoms. The summed E-state index contributed by atoms with van der Waals surface area (Å²) in [6.45, 7) is 5.43. The van der Waals surface area contributed by atoms with Crippen LogP contribution in [0.4, 0.5) is 4.79 Å². The third kappa shape index (κ3) is 12.0. The molecule has 0 aromatic heterocycles. The lowest BCUT2D eigenvalue weighted by molar-refractivity contribution is -0.144. The number of nitrogens with zero attached hydrogens (tertiary/aromatic N) is 1. The molecule has 1 heterocycles. The van der Waals surface area contributed by atoms with Crippen molar-refractivity contribution in [2.24, 2.45) is 17.8 Å². The average Bonchev–Trinajstić information content (AvgIpc) is 3.63. The minimum absolute atomic E-state index is 0.103. The molecule has 3 fully saturated rings. The molecule has 0 radical (unpaired) electrons. The minimum Gasteiger partial charge on any atom is -0.480 e. The van der Waals surface area contributed by atoms with Crippen LogP contribution in [-0.2, 0) is 33.5 Å². The second-order valence-electron chi connectivity index (χ2n) is 15.5. The van der Waals surface area contributed by atoms with Crippen molar-refractivity contribution in [2.75, 3.05) is 19.7 Å². The molecule has 5 atom stereocenters. The van der Waals surface area contributed by atoms with Crippen LogP contribution in [0, 0.1) is 17.8 Å². The lowest BCUT2D eigenvalue weighted by Crippen LogP contribution is -2.58. The van der Waals surface area contributed by atoms with Crippen molar-refractivity contribution in [2.45, 2.75) is 134 Å². The van der Waals surface area contributed by atoms with Gasteiger partial charge in [-0.25, -0.2) is 9.59 Å². The van der Waals surface area contributed by atoms with E-state index in [1.807, 2.05) is 44.2 Å². The smallest absolute Gasteiger partial charge is 0.407 e. The normalized spacial score (nSPS) is 21.0. The van der Waals surface area contributed by atoms with Crippen LogP contribution in [0.2, 0.25) is 0 Å². The molecule has 1 aromatic rings. The fraction of sp³-hybridized carbons (Fsp3) is 0.675. The van der Waals surface area contributed by atoms with E-state index in [1.54, 1.807) is 6.92 Å². The van der Waals surface area contributed by atoms with Crippen molar-refractivity contribution in [1.29, 1.82) is 0 Å². The number of carboxylic acids is 1. The number of hydrogen-bond acceptors (Lipinski definition) is 8. The molecule has 4 rings (SSSR count). The summed E-state index contributed by atoms with van der Waals surface area (Å²) in [6, 6.07) is 5.32. The molecule has 54 heavy (non-hydrogen) atoms. The SMILES string of the molecule is CCCC(NC(=O)C1CC(c2ccccc2)CN1C(=O)C(NC(=O)OCC(C)C)C1CCCCC1)C(=O)C(=O)NCC(=O)NC(C(=O)O)C1CCCCC1. The average molecular weight is 754 g/mol. The third-order valence-electron chi connectivity index (χ3n) is 10.9. The van der Waals surface area contributed by atoms with Gasteiger partial charge in [-0.1, -0.05) is 96.0 Å². The van der Waals surface area contributed by atoms with E-state index in [0.29, 0.717) is 19.3 Å². The van der Waals surface area contributed by atoms with Crippen LogP contribution in [0.5, 0.6) is 0 Å². The Kier molecular flexibility index (Phi) is 16.3. The number of Topliss-reactive ketones (excluding diaryl/α,β-unsaturated/α-hetero) is 1. The van der Waals surface area contributed by atoms with Crippen LogP contribution < -0.4 is 21.3 Å². The highest BCUT2D eigenvalue weighted by Crippen LogP contribution is 2.35. The second kappa shape index (κ2) is 20.8. The number of carbonyl (C=O) groups excluding carboxylic acids is 6. The molecule has 3 aliphatic rings. The second-order valence-corrected chi connectivity index (χ2v) is 15.5. The Labute approximate surface area is 318 Å². The van der Waals surface area contributed by atoms with Gasteiger partial charge in [0.15, 0.2) is 0 Å². The lowest BCUT2D eigenvalue weighted by Gasteiger charge is -2.34. The predicted octanol–water partition coefficient (Wildman–Crippen LogP) is 3.82. The molecule has 1 aliphatic heterocycles. The van der Waals surface area contributed by atoms with E-state index in [4.69, 9.17) is 4.74 Å². The van der Waals surface area contributed by atoms with Crippen molar-refractivity contribution >= 4 is 41.5 Å². The maximum absolute atomic E-state index is 14.5. The van der Waals surface area contributed by atoms with Crippen LogP contribution in [0.3, 0.4) is 0 Å². The maximum atomic E-state index is 14.5. The number of nitrogens with one attached hydrogen (secondary N) is 4. The standard InChI is InChI=1S/C40H59N5O9/c1-4-14-30(35(47)37(49)41-22-32(46)43-34(39(51)52)28-19-12-7-13-20-28)42-36(48)31-21-29(26-15-8-5-9-16-26)23-45(31)38(50)33(27-17-10-6-11-18-27)44-40(53)54-24-25(2)3/h5,8-9,15-16,25,27-31,33-34H,4,6-7,10-14,17-24H2,1-3H3,(H,41,49)(H,42,48)(H,43,46)(H,44,53)(H,51,52). The summed E-state index contributed by atoms with van der Waals surface area (Å²) in [5.74, 6) is -5.35. The summed E-state index contributed by atoms with van der Waals surface area (Å²) in [4.78, 5) is 94.1. The molecule has 1 aromatic carbocycles. The zero-order valence-corrected chi connectivity index (χ0v) is 32.0. The molecule has 14 heteroatoms. The zero-order valence-electron chi connectivity index (χ0n) is 32.0. The molecule has 2 aliphatic carbocycles. The summed E-state index contributed by atoms with van der Waals surface area (Å²) >= 11 is 0. The van der Waals surface area contributed by atoms with Gasteiger partial charge in [0, 0.05) is 12.5 Å². The molecule has 1 saturated heterocycles. The number of carboxylic acid groups (broad SMARTS) is 1. The number of alkyl carbamates (subject to hydrolysis) is 1. The largest absolute Gasteiger partial charge is 0.480 e. The molecule has 14 nitrogen and oxygen atoms in total. The minimum atomic E-state index is -1.23. The van der Waals surface area contributed by atoms with E-state index in [2.05, 4.69) is 21.3 Å². The van der Waals surface area contributed by atoms with Crippen molar-refractivity contribution in [3.63, 3.8) is 0 Å². The van der Waals surface area contributed by atoms with E-state index < -0.39 is 72.2 Å². The molecular formula is C40H59N5O9. The van der Waals surface area contributed by atoms with Gasteiger partial charge in [0.1, 0.15) is 18.1 Å². The third-order valence-corrected chi connectivity index (χ3v) is 10.9. The first-order valence-corrected chi connectivity index (χ1v) is 19.8. The van der Waals surface area contributed by atoms with E-state index in [0.717, 1.165) is 56.9 Å². The molecule has 5 unspecified atom stereocenters. The van der Waals surface area contributed by atoms with Gasteiger partial charge in [-0.05, 0) is 61.8 Å². The highest BCUT2D eigenvalue weighted by Gasteiger charge is 2.45. The van der Waals surface area contributed by atoms with Crippen molar-refractivity contribution in [1.82, 2.24) is 26.2 Å². The Morgan fingerprint density at radius 1 is 0.833 bits per heavy atom.